The number of hydrogen-bond acceptors (Lipinski definition) is 9. The van der Waals surface area contributed by atoms with Crippen LogP contribution in [0.2, 0.25) is 5.02 Å². The lowest BCUT2D eigenvalue weighted by Crippen LogP contribution is -2.55. The van der Waals surface area contributed by atoms with Crippen molar-refractivity contribution >= 4 is 17.5 Å². The van der Waals surface area contributed by atoms with Gasteiger partial charge in [0.2, 0.25) is 5.91 Å². The zero-order chi connectivity index (χ0) is 31.6. The Morgan fingerprint density at radius 1 is 1.14 bits per heavy atom. The van der Waals surface area contributed by atoms with Crippen LogP contribution in [-0.2, 0) is 16.0 Å². The van der Waals surface area contributed by atoms with Gasteiger partial charge in [0.25, 0.3) is 5.92 Å². The normalized spacial score (nSPS) is 31.5. The maximum Gasteiger partial charge on any atom is 0.268 e. The highest BCUT2D eigenvalue weighted by Gasteiger charge is 2.47. The highest BCUT2D eigenvalue weighted by Crippen LogP contribution is 2.35. The SMILES string of the molecule is N#C[C@@H]1CC(F)(F)CN1C(=O)CN[C@H]1CC[C@H](Oc2ccc(Cc3cc([C@@H]4O[C@H](CO)[C@@H](O)[C@H](O)[C@H]4O)ccc3Cl)cc2)C1. The fraction of sp³-hybridized carbons (Fsp3) is 0.548. The zero-order valence-electron chi connectivity index (χ0n) is 23.9. The molecule has 0 aromatic heterocycles. The molecule has 2 aromatic rings. The van der Waals surface area contributed by atoms with E-state index in [0.717, 1.165) is 28.9 Å². The predicted octanol–water partition coefficient (Wildman–Crippen LogP) is 2.09. The Morgan fingerprint density at radius 3 is 2.59 bits per heavy atom. The molecule has 1 aliphatic carbocycles. The van der Waals surface area contributed by atoms with Gasteiger partial charge < -0.3 is 40.1 Å². The molecular weight excluding hydrogens is 600 g/mol. The van der Waals surface area contributed by atoms with E-state index in [0.29, 0.717) is 29.2 Å². The molecule has 8 atom stereocenters. The summed E-state index contributed by atoms with van der Waals surface area (Å²) in [6.45, 7) is -1.35. The van der Waals surface area contributed by atoms with Crippen molar-refractivity contribution in [2.75, 3.05) is 19.7 Å². The lowest BCUT2D eigenvalue weighted by atomic mass is 9.90. The van der Waals surface area contributed by atoms with Gasteiger partial charge >= 0.3 is 0 Å². The van der Waals surface area contributed by atoms with Gasteiger partial charge in [-0.3, -0.25) is 4.79 Å². The number of benzene rings is 2. The first-order chi connectivity index (χ1) is 21.0. The largest absolute Gasteiger partial charge is 0.490 e. The Labute approximate surface area is 258 Å². The molecule has 2 aliphatic heterocycles. The van der Waals surface area contributed by atoms with Crippen LogP contribution in [0.1, 0.15) is 48.5 Å². The van der Waals surface area contributed by atoms with Crippen LogP contribution in [0.3, 0.4) is 0 Å². The van der Waals surface area contributed by atoms with Crippen LogP contribution in [-0.4, -0.2) is 99.5 Å². The van der Waals surface area contributed by atoms with Crippen LogP contribution in [0.4, 0.5) is 8.78 Å². The van der Waals surface area contributed by atoms with E-state index in [9.17, 15) is 34.0 Å². The molecule has 2 heterocycles. The van der Waals surface area contributed by atoms with Crippen molar-refractivity contribution in [3.63, 3.8) is 0 Å². The van der Waals surface area contributed by atoms with E-state index in [2.05, 4.69) is 5.32 Å². The van der Waals surface area contributed by atoms with E-state index in [1.807, 2.05) is 24.3 Å². The quantitative estimate of drug-likeness (QED) is 0.279. The number of halogens is 3. The summed E-state index contributed by atoms with van der Waals surface area (Å²) in [6.07, 6.45) is -4.36. The van der Waals surface area contributed by atoms with Crippen LogP contribution < -0.4 is 10.1 Å². The molecule has 0 radical (unpaired) electrons. The summed E-state index contributed by atoms with van der Waals surface area (Å²) in [5.74, 6) is -2.87. The lowest BCUT2D eigenvalue weighted by molar-refractivity contribution is -0.231. The number of nitrogens with one attached hydrogen (secondary N) is 1. The molecule has 5 N–H and O–H groups in total. The zero-order valence-corrected chi connectivity index (χ0v) is 24.6. The minimum Gasteiger partial charge on any atom is -0.490 e. The summed E-state index contributed by atoms with van der Waals surface area (Å²) in [5.41, 5.74) is 2.25. The molecule has 238 valence electrons. The molecular formula is C31H36ClF2N3O7. The number of nitriles is 1. The van der Waals surface area contributed by atoms with Gasteiger partial charge in [-0.1, -0.05) is 35.9 Å². The molecule has 1 saturated carbocycles. The summed E-state index contributed by atoms with van der Waals surface area (Å²) in [5, 5.41) is 53.0. The van der Waals surface area contributed by atoms with Gasteiger partial charge in [-0.05, 0) is 60.6 Å². The Bertz CT molecular complexity index is 1360. The fourth-order valence-corrected chi connectivity index (χ4v) is 6.33. The van der Waals surface area contributed by atoms with Crippen molar-refractivity contribution < 1.29 is 43.5 Å². The van der Waals surface area contributed by atoms with E-state index >= 15 is 0 Å². The van der Waals surface area contributed by atoms with E-state index in [-0.39, 0.29) is 18.7 Å². The highest BCUT2D eigenvalue weighted by atomic mass is 35.5. The van der Waals surface area contributed by atoms with Crippen molar-refractivity contribution in [2.45, 2.75) is 86.7 Å². The minimum absolute atomic E-state index is 0.00927. The smallest absolute Gasteiger partial charge is 0.268 e. The summed E-state index contributed by atoms with van der Waals surface area (Å²) in [6, 6.07) is 13.3. The van der Waals surface area contributed by atoms with E-state index in [1.54, 1.807) is 24.3 Å². The summed E-state index contributed by atoms with van der Waals surface area (Å²) < 4.78 is 39.2. The molecule has 0 spiro atoms. The third-order valence-electron chi connectivity index (χ3n) is 8.58. The molecule has 13 heteroatoms. The maximum atomic E-state index is 13.7. The average Bonchev–Trinajstić information content (AvgIpc) is 3.59. The van der Waals surface area contributed by atoms with Crippen molar-refractivity contribution in [3.05, 3.63) is 64.2 Å². The highest BCUT2D eigenvalue weighted by molar-refractivity contribution is 6.31. The van der Waals surface area contributed by atoms with Crippen LogP contribution in [0, 0.1) is 11.3 Å². The number of carbonyl (C=O) groups is 1. The van der Waals surface area contributed by atoms with Crippen LogP contribution in [0.25, 0.3) is 0 Å². The molecule has 44 heavy (non-hydrogen) atoms. The van der Waals surface area contributed by atoms with Gasteiger partial charge in [-0.25, -0.2) is 8.78 Å². The van der Waals surface area contributed by atoms with Gasteiger partial charge in [0.1, 0.15) is 48.4 Å². The molecule has 2 saturated heterocycles. The molecule has 0 unspecified atom stereocenters. The van der Waals surface area contributed by atoms with E-state index in [1.165, 1.54) is 0 Å². The third kappa shape index (κ3) is 7.32. The average molecular weight is 636 g/mol. The standard InChI is InChI=1S/C31H36ClF2N3O7/c32-24-8-3-18(30-29(42)28(41)27(40)25(15-38)44-30)10-19(24)9-17-1-5-22(6-2-17)43-23-7-4-20(11-23)36-14-26(39)37-16-31(33,34)12-21(37)13-35/h1-3,5-6,8,10,20-21,23,25,27-30,36,38,40-42H,4,7,9,11-12,14-16H2/t20-,21-,23-,25+,27+,28-,29+,30-/m0/s1. The molecule has 5 rings (SSSR count). The van der Waals surface area contributed by atoms with Gasteiger partial charge in [0.05, 0.1) is 25.8 Å². The lowest BCUT2D eigenvalue weighted by Gasteiger charge is -2.40. The number of nitrogens with zero attached hydrogens (tertiary/aromatic N) is 2. The van der Waals surface area contributed by atoms with Gasteiger partial charge in [0, 0.05) is 17.5 Å². The molecule has 10 nitrogen and oxygen atoms in total. The monoisotopic (exact) mass is 635 g/mol. The van der Waals surface area contributed by atoms with Crippen molar-refractivity contribution in [2.24, 2.45) is 0 Å². The number of amides is 1. The number of alkyl halides is 2. The van der Waals surface area contributed by atoms with Crippen LogP contribution >= 0.6 is 11.6 Å². The molecule has 2 aromatic carbocycles. The summed E-state index contributed by atoms with van der Waals surface area (Å²) in [7, 11) is 0. The Kier molecular flexibility index (Phi) is 10.1. The van der Waals surface area contributed by atoms with Crippen molar-refractivity contribution in [1.29, 1.82) is 5.26 Å². The number of hydrogen-bond donors (Lipinski definition) is 5. The summed E-state index contributed by atoms with van der Waals surface area (Å²) >= 11 is 6.46. The second-order valence-corrected chi connectivity index (χ2v) is 12.2. The van der Waals surface area contributed by atoms with Crippen LogP contribution in [0.5, 0.6) is 5.75 Å². The van der Waals surface area contributed by atoms with E-state index in [4.69, 9.17) is 26.3 Å². The molecule has 1 amide bonds. The third-order valence-corrected chi connectivity index (χ3v) is 8.95. The Hall–Kier alpha value is -2.89. The first kappa shape index (κ1) is 32.5. The topological polar surface area (TPSA) is 156 Å². The van der Waals surface area contributed by atoms with Gasteiger partial charge in [0.15, 0.2) is 0 Å². The second kappa shape index (κ2) is 13.6. The van der Waals surface area contributed by atoms with Gasteiger partial charge in [-0.15, -0.1) is 0 Å². The number of ether oxygens (including phenoxy) is 2. The fourth-order valence-electron chi connectivity index (χ4n) is 6.14. The Balaban J connectivity index is 1.13. The predicted molar refractivity (Wildman–Crippen MR) is 154 cm³/mol. The maximum absolute atomic E-state index is 13.7. The number of rotatable bonds is 9. The minimum atomic E-state index is -3.04. The van der Waals surface area contributed by atoms with Gasteiger partial charge in [-0.2, -0.15) is 5.26 Å². The van der Waals surface area contributed by atoms with E-state index < -0.39 is 68.0 Å². The molecule has 3 aliphatic rings. The first-order valence-corrected chi connectivity index (χ1v) is 15.0. The summed E-state index contributed by atoms with van der Waals surface area (Å²) in [4.78, 5) is 13.4. The number of likely N-dealkylation sites (tertiary alicyclic amines) is 1. The number of aliphatic hydroxyl groups excluding tert-OH is 4. The van der Waals surface area contributed by atoms with Crippen molar-refractivity contribution in [3.8, 4) is 11.8 Å². The van der Waals surface area contributed by atoms with Crippen molar-refractivity contribution in [1.82, 2.24) is 10.2 Å². The number of aliphatic hydroxyl groups is 4. The van der Waals surface area contributed by atoms with Crippen LogP contribution in [0.15, 0.2) is 42.5 Å². The number of carbonyl (C=O) groups excluding carboxylic acids is 1. The molecule has 0 bridgehead atoms. The second-order valence-electron chi connectivity index (χ2n) is 11.8. The first-order valence-electron chi connectivity index (χ1n) is 14.6. The Morgan fingerprint density at radius 2 is 1.89 bits per heavy atom. The molecule has 3 fully saturated rings.